The van der Waals surface area contributed by atoms with E-state index in [0.29, 0.717) is 0 Å². The molecule has 4 rings (SSSR count). The van der Waals surface area contributed by atoms with Crippen molar-refractivity contribution in [3.8, 4) is 5.69 Å². The van der Waals surface area contributed by atoms with Crippen molar-refractivity contribution in [2.24, 2.45) is 0 Å². The number of hydrogen-bond acceptors (Lipinski definition) is 1. The van der Waals surface area contributed by atoms with Gasteiger partial charge in [-0.05, 0) is 36.6 Å². The molecule has 1 N–H and O–H groups in total. The molecule has 0 fully saturated rings. The van der Waals surface area contributed by atoms with E-state index in [-0.39, 0.29) is 5.78 Å². The lowest BCUT2D eigenvalue weighted by Gasteiger charge is -2.05. The Morgan fingerprint density at radius 2 is 1.95 bits per heavy atom. The van der Waals surface area contributed by atoms with Gasteiger partial charge in [0.05, 0.1) is 5.52 Å². The van der Waals surface area contributed by atoms with Crippen LogP contribution in [0.4, 0.5) is 0 Å². The molecule has 0 atom stereocenters. The van der Waals surface area contributed by atoms with Crippen LogP contribution in [0.3, 0.4) is 0 Å². The SMILES string of the molecule is CC(=O)c1cn(-c2ccc3cc[nH]c3c2)c2ccccc12. The maximum Gasteiger partial charge on any atom is 0.161 e. The molecule has 0 amide bonds. The monoisotopic (exact) mass is 274 g/mol. The average molecular weight is 274 g/mol. The molecule has 0 aliphatic carbocycles. The van der Waals surface area contributed by atoms with Gasteiger partial charge in [-0.3, -0.25) is 4.79 Å². The van der Waals surface area contributed by atoms with Crippen molar-refractivity contribution in [3.05, 3.63) is 66.5 Å². The van der Waals surface area contributed by atoms with Crippen LogP contribution in [0.5, 0.6) is 0 Å². The van der Waals surface area contributed by atoms with Gasteiger partial charge in [0.25, 0.3) is 0 Å². The molecule has 0 bridgehead atoms. The van der Waals surface area contributed by atoms with Crippen LogP contribution in [0.2, 0.25) is 0 Å². The number of fused-ring (bicyclic) bond motifs is 2. The third kappa shape index (κ3) is 1.78. The van der Waals surface area contributed by atoms with Crippen molar-refractivity contribution in [2.75, 3.05) is 0 Å². The fraction of sp³-hybridized carbons (Fsp3) is 0.0556. The summed E-state index contributed by atoms with van der Waals surface area (Å²) in [6, 6.07) is 16.3. The van der Waals surface area contributed by atoms with Crippen LogP contribution < -0.4 is 0 Å². The van der Waals surface area contributed by atoms with E-state index >= 15 is 0 Å². The summed E-state index contributed by atoms with van der Waals surface area (Å²) < 4.78 is 2.08. The van der Waals surface area contributed by atoms with Crippen molar-refractivity contribution in [3.63, 3.8) is 0 Å². The fourth-order valence-corrected chi connectivity index (χ4v) is 2.86. The van der Waals surface area contributed by atoms with Crippen molar-refractivity contribution < 1.29 is 4.79 Å². The van der Waals surface area contributed by atoms with E-state index in [1.807, 2.05) is 42.7 Å². The third-order valence-electron chi connectivity index (χ3n) is 3.91. The number of Topliss-reactive ketones (excluding diaryl/α,β-unsaturated/α-hetero) is 1. The first kappa shape index (κ1) is 12.0. The number of H-pyrrole nitrogens is 1. The van der Waals surface area contributed by atoms with Gasteiger partial charge in [-0.2, -0.15) is 0 Å². The Bertz CT molecular complexity index is 975. The van der Waals surface area contributed by atoms with E-state index in [1.165, 1.54) is 5.39 Å². The molecule has 4 aromatic rings. The predicted octanol–water partition coefficient (Wildman–Crippen LogP) is 4.31. The Kier molecular flexibility index (Phi) is 2.48. The van der Waals surface area contributed by atoms with E-state index in [2.05, 4.69) is 27.8 Å². The zero-order valence-electron chi connectivity index (χ0n) is 11.6. The minimum atomic E-state index is 0.0888. The Balaban J connectivity index is 2.03. The van der Waals surface area contributed by atoms with Crippen LogP contribution in [0, 0.1) is 0 Å². The summed E-state index contributed by atoms with van der Waals surface area (Å²) in [5.74, 6) is 0.0888. The van der Waals surface area contributed by atoms with Crippen molar-refractivity contribution >= 4 is 27.6 Å². The highest BCUT2D eigenvalue weighted by Gasteiger charge is 2.12. The van der Waals surface area contributed by atoms with E-state index < -0.39 is 0 Å². The van der Waals surface area contributed by atoms with E-state index in [1.54, 1.807) is 6.92 Å². The van der Waals surface area contributed by atoms with Gasteiger partial charge in [-0.15, -0.1) is 0 Å². The fourth-order valence-electron chi connectivity index (χ4n) is 2.86. The van der Waals surface area contributed by atoms with Crippen LogP contribution in [0.15, 0.2) is 60.9 Å². The zero-order valence-corrected chi connectivity index (χ0v) is 11.6. The molecule has 2 aromatic carbocycles. The highest BCUT2D eigenvalue weighted by molar-refractivity contribution is 6.07. The lowest BCUT2D eigenvalue weighted by atomic mass is 10.1. The second kappa shape index (κ2) is 4.35. The number of rotatable bonds is 2. The van der Waals surface area contributed by atoms with Crippen LogP contribution in [-0.4, -0.2) is 15.3 Å². The average Bonchev–Trinajstić information content (AvgIpc) is 3.10. The molecule has 0 radical (unpaired) electrons. The van der Waals surface area contributed by atoms with Gasteiger partial charge in [0.1, 0.15) is 0 Å². The van der Waals surface area contributed by atoms with Gasteiger partial charge >= 0.3 is 0 Å². The quantitative estimate of drug-likeness (QED) is 0.543. The highest BCUT2D eigenvalue weighted by Crippen LogP contribution is 2.26. The van der Waals surface area contributed by atoms with Crippen molar-refractivity contribution in [1.29, 1.82) is 0 Å². The van der Waals surface area contributed by atoms with Gasteiger partial charge < -0.3 is 9.55 Å². The summed E-state index contributed by atoms with van der Waals surface area (Å²) in [5, 5.41) is 2.18. The molecular weight excluding hydrogens is 260 g/mol. The molecule has 0 aliphatic rings. The molecule has 0 spiro atoms. The minimum absolute atomic E-state index is 0.0888. The van der Waals surface area contributed by atoms with Crippen LogP contribution in [-0.2, 0) is 0 Å². The first-order valence-corrected chi connectivity index (χ1v) is 6.92. The predicted molar refractivity (Wildman–Crippen MR) is 85.1 cm³/mol. The topological polar surface area (TPSA) is 37.8 Å². The number of para-hydroxylation sites is 1. The van der Waals surface area contributed by atoms with Crippen LogP contribution >= 0.6 is 0 Å². The number of aromatic nitrogens is 2. The van der Waals surface area contributed by atoms with Crippen molar-refractivity contribution in [1.82, 2.24) is 9.55 Å². The van der Waals surface area contributed by atoms with E-state index in [0.717, 1.165) is 27.7 Å². The number of carbonyl (C=O) groups is 1. The number of benzene rings is 2. The molecule has 0 saturated carbocycles. The second-order valence-corrected chi connectivity index (χ2v) is 5.24. The van der Waals surface area contributed by atoms with Crippen LogP contribution in [0.25, 0.3) is 27.5 Å². The first-order chi connectivity index (χ1) is 10.2. The zero-order chi connectivity index (χ0) is 14.4. The molecule has 0 unspecified atom stereocenters. The summed E-state index contributed by atoms with van der Waals surface area (Å²) in [6.07, 6.45) is 3.86. The Morgan fingerprint density at radius 3 is 2.81 bits per heavy atom. The summed E-state index contributed by atoms with van der Waals surface area (Å²) >= 11 is 0. The standard InChI is InChI=1S/C18H14N2O/c1-12(21)16-11-20(18-5-3-2-4-15(16)18)14-7-6-13-8-9-19-17(13)10-14/h2-11,19H,1H3. The smallest absolute Gasteiger partial charge is 0.161 e. The highest BCUT2D eigenvalue weighted by atomic mass is 16.1. The first-order valence-electron chi connectivity index (χ1n) is 6.92. The number of nitrogens with zero attached hydrogens (tertiary/aromatic N) is 1. The number of aromatic amines is 1. The lowest BCUT2D eigenvalue weighted by molar-refractivity contribution is 0.101. The van der Waals surface area contributed by atoms with Gasteiger partial charge in [-0.1, -0.05) is 24.3 Å². The molecule has 2 aromatic heterocycles. The van der Waals surface area contributed by atoms with Gasteiger partial charge in [0, 0.05) is 34.5 Å². The molecule has 102 valence electrons. The van der Waals surface area contributed by atoms with Gasteiger partial charge in [0.15, 0.2) is 5.78 Å². The summed E-state index contributed by atoms with van der Waals surface area (Å²) in [6.45, 7) is 1.61. The minimum Gasteiger partial charge on any atom is -0.361 e. The number of carbonyl (C=O) groups excluding carboxylic acids is 1. The molecule has 3 nitrogen and oxygen atoms in total. The largest absolute Gasteiger partial charge is 0.361 e. The van der Waals surface area contributed by atoms with Crippen molar-refractivity contribution in [2.45, 2.75) is 6.92 Å². The Morgan fingerprint density at radius 1 is 1.10 bits per heavy atom. The van der Waals surface area contributed by atoms with E-state index in [4.69, 9.17) is 0 Å². The molecular formula is C18H14N2O. The number of ketones is 1. The number of nitrogens with one attached hydrogen (secondary N) is 1. The molecule has 2 heterocycles. The second-order valence-electron chi connectivity index (χ2n) is 5.24. The molecule has 21 heavy (non-hydrogen) atoms. The summed E-state index contributed by atoms with van der Waals surface area (Å²) in [4.78, 5) is 15.1. The van der Waals surface area contributed by atoms with Gasteiger partial charge in [0.2, 0.25) is 0 Å². The maximum absolute atomic E-state index is 11.9. The Hall–Kier alpha value is -2.81. The number of hydrogen-bond donors (Lipinski definition) is 1. The molecule has 3 heteroatoms. The molecule has 0 aliphatic heterocycles. The third-order valence-corrected chi connectivity index (χ3v) is 3.91. The lowest BCUT2D eigenvalue weighted by Crippen LogP contribution is -1.92. The van der Waals surface area contributed by atoms with Crippen LogP contribution in [0.1, 0.15) is 17.3 Å². The Labute approximate surface area is 121 Å². The maximum atomic E-state index is 11.9. The molecule has 0 saturated heterocycles. The summed E-state index contributed by atoms with van der Waals surface area (Å²) in [5.41, 5.74) is 3.95. The van der Waals surface area contributed by atoms with E-state index in [9.17, 15) is 4.79 Å². The van der Waals surface area contributed by atoms with Gasteiger partial charge in [-0.25, -0.2) is 0 Å². The summed E-state index contributed by atoms with van der Waals surface area (Å²) in [7, 11) is 0. The normalized spacial score (nSPS) is 11.3.